The Morgan fingerprint density at radius 3 is 2.85 bits per heavy atom. The highest BCUT2D eigenvalue weighted by molar-refractivity contribution is 5.93. The first kappa shape index (κ1) is 17.0. The van der Waals surface area contributed by atoms with Crippen molar-refractivity contribution in [3.05, 3.63) is 59.4 Å². The summed E-state index contributed by atoms with van der Waals surface area (Å²) in [6, 6.07) is 11.4. The van der Waals surface area contributed by atoms with Crippen LogP contribution in [0.15, 0.2) is 42.6 Å². The Bertz CT molecular complexity index is 793. The van der Waals surface area contributed by atoms with Crippen LogP contribution in [0.5, 0.6) is 5.75 Å². The van der Waals surface area contributed by atoms with Gasteiger partial charge in [0.25, 0.3) is 5.91 Å². The second-order valence-corrected chi connectivity index (χ2v) is 6.97. The number of nitrogens with one attached hydrogen (secondary N) is 1. The fourth-order valence-corrected chi connectivity index (χ4v) is 4.19. The number of carbonyl (C=O) groups is 1. The maximum Gasteiger partial charge on any atom is 0.272 e. The predicted octanol–water partition coefficient (Wildman–Crippen LogP) is 1.62. The lowest BCUT2D eigenvalue weighted by Crippen LogP contribution is -2.35. The van der Waals surface area contributed by atoms with Crippen molar-refractivity contribution in [2.45, 2.75) is 12.6 Å². The first-order chi connectivity index (χ1) is 12.7. The van der Waals surface area contributed by atoms with Gasteiger partial charge in [-0.3, -0.25) is 9.78 Å². The predicted molar refractivity (Wildman–Crippen MR) is 96.8 cm³/mol. The van der Waals surface area contributed by atoms with Crippen molar-refractivity contribution in [1.29, 1.82) is 0 Å². The molecule has 6 nitrogen and oxygen atoms in total. The molecule has 0 unspecified atom stereocenters. The number of likely N-dealkylation sites (tertiary alicyclic amines) is 1. The van der Waals surface area contributed by atoms with Crippen LogP contribution in [0.2, 0.25) is 0 Å². The number of ether oxygens (including phenoxy) is 1. The van der Waals surface area contributed by atoms with Crippen LogP contribution in [0.4, 0.5) is 0 Å². The largest absolute Gasteiger partial charge is 0.497 e. The van der Waals surface area contributed by atoms with Gasteiger partial charge in [0.15, 0.2) is 0 Å². The molecule has 2 fully saturated rings. The topological polar surface area (TPSA) is 74.7 Å². The van der Waals surface area contributed by atoms with E-state index in [0.29, 0.717) is 23.1 Å². The molecule has 26 heavy (non-hydrogen) atoms. The summed E-state index contributed by atoms with van der Waals surface area (Å²) in [5.74, 6) is 1.58. The van der Waals surface area contributed by atoms with Gasteiger partial charge in [-0.05, 0) is 41.3 Å². The Morgan fingerprint density at radius 2 is 2.12 bits per heavy atom. The average molecular weight is 353 g/mol. The highest BCUT2D eigenvalue weighted by Crippen LogP contribution is 2.43. The molecule has 2 aliphatic rings. The fraction of sp³-hybridized carbons (Fsp3) is 0.400. The molecule has 0 spiro atoms. The Morgan fingerprint density at radius 1 is 1.31 bits per heavy atom. The summed E-state index contributed by atoms with van der Waals surface area (Å²) < 4.78 is 5.26. The first-order valence-electron chi connectivity index (χ1n) is 8.92. The highest BCUT2D eigenvalue weighted by atomic mass is 16.5. The fourth-order valence-electron chi connectivity index (χ4n) is 4.19. The Kier molecular flexibility index (Phi) is 4.61. The summed E-state index contributed by atoms with van der Waals surface area (Å²) in [5.41, 5.74) is 2.21. The Balaban J connectivity index is 1.67. The molecule has 2 aromatic rings. The second-order valence-electron chi connectivity index (χ2n) is 6.97. The molecule has 6 heteroatoms. The summed E-state index contributed by atoms with van der Waals surface area (Å²) in [6.45, 7) is 2.47. The molecule has 3 heterocycles. The molecular formula is C20H23N3O3. The molecule has 1 amide bonds. The van der Waals surface area contributed by atoms with Gasteiger partial charge in [0.1, 0.15) is 11.4 Å². The van der Waals surface area contributed by atoms with Gasteiger partial charge in [-0.25, -0.2) is 0 Å². The summed E-state index contributed by atoms with van der Waals surface area (Å²) >= 11 is 0. The molecule has 2 N–H and O–H groups in total. The third-order valence-electron chi connectivity index (χ3n) is 5.51. The molecule has 0 aliphatic carbocycles. The van der Waals surface area contributed by atoms with Gasteiger partial charge in [-0.15, -0.1) is 0 Å². The van der Waals surface area contributed by atoms with Gasteiger partial charge < -0.3 is 20.1 Å². The summed E-state index contributed by atoms with van der Waals surface area (Å²) in [6.07, 6.45) is 1.58. The molecule has 0 bridgehead atoms. The third kappa shape index (κ3) is 2.95. The van der Waals surface area contributed by atoms with Gasteiger partial charge in [0, 0.05) is 31.7 Å². The summed E-state index contributed by atoms with van der Waals surface area (Å²) in [7, 11) is 1.65. The number of hydrogen-bond acceptors (Lipinski definition) is 5. The van der Waals surface area contributed by atoms with Crippen molar-refractivity contribution >= 4 is 5.91 Å². The minimum Gasteiger partial charge on any atom is -0.497 e. The Hall–Kier alpha value is -2.44. The molecule has 4 rings (SSSR count). The molecule has 0 saturated carbocycles. The van der Waals surface area contributed by atoms with E-state index in [1.807, 2.05) is 29.2 Å². The average Bonchev–Trinajstić information content (AvgIpc) is 3.28. The van der Waals surface area contributed by atoms with E-state index in [1.165, 1.54) is 0 Å². The number of aromatic nitrogens is 1. The molecule has 3 atom stereocenters. The lowest BCUT2D eigenvalue weighted by atomic mass is 9.89. The van der Waals surface area contributed by atoms with Crippen LogP contribution in [0.1, 0.15) is 27.7 Å². The number of amides is 1. The van der Waals surface area contributed by atoms with E-state index in [1.54, 1.807) is 25.4 Å². The van der Waals surface area contributed by atoms with Crippen LogP contribution >= 0.6 is 0 Å². The van der Waals surface area contributed by atoms with Crippen LogP contribution in [0.3, 0.4) is 0 Å². The number of hydrogen-bond donors (Lipinski definition) is 2. The normalized spacial score (nSPS) is 24.5. The van der Waals surface area contributed by atoms with E-state index in [-0.39, 0.29) is 18.6 Å². The summed E-state index contributed by atoms with van der Waals surface area (Å²) in [5, 5.41) is 12.8. The molecule has 1 aromatic heterocycles. The number of carbonyl (C=O) groups excluding carboxylic acids is 1. The lowest BCUT2D eigenvalue weighted by Gasteiger charge is -2.28. The highest BCUT2D eigenvalue weighted by Gasteiger charge is 2.47. The van der Waals surface area contributed by atoms with E-state index in [4.69, 9.17) is 4.74 Å². The third-order valence-corrected chi connectivity index (χ3v) is 5.51. The van der Waals surface area contributed by atoms with Crippen LogP contribution in [-0.2, 0) is 6.61 Å². The number of fused-ring (bicyclic) bond motifs is 1. The molecule has 0 radical (unpaired) electrons. The van der Waals surface area contributed by atoms with Gasteiger partial charge in [0.05, 0.1) is 19.8 Å². The van der Waals surface area contributed by atoms with Gasteiger partial charge in [-0.2, -0.15) is 0 Å². The van der Waals surface area contributed by atoms with E-state index in [0.717, 1.165) is 30.9 Å². The van der Waals surface area contributed by atoms with Crippen molar-refractivity contribution in [2.75, 3.05) is 26.7 Å². The number of rotatable bonds is 4. The number of pyridine rings is 1. The van der Waals surface area contributed by atoms with Crippen molar-refractivity contribution < 1.29 is 14.6 Å². The van der Waals surface area contributed by atoms with Crippen molar-refractivity contribution in [1.82, 2.24) is 15.2 Å². The number of methoxy groups -OCH3 is 1. The molecule has 2 aliphatic heterocycles. The van der Waals surface area contributed by atoms with E-state index < -0.39 is 0 Å². The van der Waals surface area contributed by atoms with Crippen LogP contribution < -0.4 is 10.1 Å². The second kappa shape index (κ2) is 7.05. The van der Waals surface area contributed by atoms with Crippen LogP contribution in [0, 0.1) is 11.8 Å². The van der Waals surface area contributed by atoms with E-state index >= 15 is 0 Å². The Labute approximate surface area is 152 Å². The van der Waals surface area contributed by atoms with Gasteiger partial charge >= 0.3 is 0 Å². The van der Waals surface area contributed by atoms with Crippen molar-refractivity contribution in [3.63, 3.8) is 0 Å². The van der Waals surface area contributed by atoms with Crippen molar-refractivity contribution in [3.8, 4) is 5.75 Å². The van der Waals surface area contributed by atoms with Gasteiger partial charge in [-0.1, -0.05) is 12.1 Å². The zero-order chi connectivity index (χ0) is 18.1. The lowest BCUT2D eigenvalue weighted by molar-refractivity contribution is 0.0708. The van der Waals surface area contributed by atoms with Crippen LogP contribution in [0.25, 0.3) is 0 Å². The van der Waals surface area contributed by atoms with Crippen molar-refractivity contribution in [2.24, 2.45) is 11.8 Å². The quantitative estimate of drug-likeness (QED) is 0.874. The maximum atomic E-state index is 13.2. The molecule has 2 saturated heterocycles. The molecule has 136 valence electrons. The monoisotopic (exact) mass is 353 g/mol. The number of aliphatic hydroxyl groups excluding tert-OH is 1. The maximum absolute atomic E-state index is 13.2. The zero-order valence-electron chi connectivity index (χ0n) is 14.8. The standard InChI is InChI=1S/C20H23N3O3/c1-26-16-4-2-14(3-5-16)19-17-10-21-9-15(17)11-23(19)20(25)18-8-13(12-24)6-7-22-18/h2-8,15,17,19,21,24H,9-12H2,1H3/t15-,17-,19-/m0/s1. The minimum absolute atomic E-state index is 0.0213. The zero-order valence-corrected chi connectivity index (χ0v) is 14.8. The first-order valence-corrected chi connectivity index (χ1v) is 8.92. The van der Waals surface area contributed by atoms with E-state index in [2.05, 4.69) is 10.3 Å². The minimum atomic E-state index is -0.0973. The number of benzene rings is 1. The SMILES string of the molecule is COc1ccc([C@H]2[C@H]3CNC[C@H]3CN2C(=O)c2cc(CO)ccn2)cc1. The smallest absolute Gasteiger partial charge is 0.272 e. The molecular weight excluding hydrogens is 330 g/mol. The van der Waals surface area contributed by atoms with Gasteiger partial charge in [0.2, 0.25) is 0 Å². The van der Waals surface area contributed by atoms with E-state index in [9.17, 15) is 9.90 Å². The number of nitrogens with zero attached hydrogens (tertiary/aromatic N) is 2. The molecule has 1 aromatic carbocycles. The number of aliphatic hydroxyl groups is 1. The summed E-state index contributed by atoms with van der Waals surface area (Å²) in [4.78, 5) is 19.4. The van der Waals surface area contributed by atoms with Crippen LogP contribution in [-0.4, -0.2) is 47.6 Å².